The van der Waals surface area contributed by atoms with Crippen molar-refractivity contribution in [2.45, 2.75) is 18.2 Å². The lowest BCUT2D eigenvalue weighted by Crippen LogP contribution is -2.36. The number of rotatable bonds is 1. The molecule has 3 N–H and O–H groups in total. The van der Waals surface area contributed by atoms with Crippen LogP contribution in [-0.2, 0) is 10.1 Å². The lowest BCUT2D eigenvalue weighted by molar-refractivity contribution is 0.486. The van der Waals surface area contributed by atoms with Gasteiger partial charge in [-0.15, -0.1) is 0 Å². The minimum Gasteiger partial charge on any atom is -0.322 e. The smallest absolute Gasteiger partial charge is 0.292 e. The highest BCUT2D eigenvalue weighted by molar-refractivity contribution is 7.90. The zero-order chi connectivity index (χ0) is 10.2. The first kappa shape index (κ1) is 10.8. The first-order valence-corrected chi connectivity index (χ1v) is 5.59. The van der Waals surface area contributed by atoms with Crippen LogP contribution in [0.25, 0.3) is 0 Å². The molecular formula is C7H11NO3S2. The van der Waals surface area contributed by atoms with Crippen molar-refractivity contribution in [3.63, 3.8) is 0 Å². The van der Waals surface area contributed by atoms with Crippen molar-refractivity contribution >= 4 is 22.7 Å². The van der Waals surface area contributed by atoms with Crippen molar-refractivity contribution in [3.05, 3.63) is 22.6 Å². The van der Waals surface area contributed by atoms with Gasteiger partial charge in [0.25, 0.3) is 10.1 Å². The van der Waals surface area contributed by atoms with E-state index in [1.807, 2.05) is 0 Å². The van der Waals surface area contributed by atoms with Gasteiger partial charge in [0.15, 0.2) is 0 Å². The van der Waals surface area contributed by atoms with Crippen LogP contribution in [0.2, 0.25) is 0 Å². The molecule has 1 aliphatic carbocycles. The lowest BCUT2D eigenvalue weighted by Gasteiger charge is -2.22. The van der Waals surface area contributed by atoms with Gasteiger partial charge in [-0.2, -0.15) is 21.0 Å². The predicted octanol–water partition coefficient (Wildman–Crippen LogP) is 0.344. The summed E-state index contributed by atoms with van der Waals surface area (Å²) in [5.41, 5.74) is 6.27. The average molecular weight is 221 g/mol. The molecule has 0 aromatic heterocycles. The molecule has 74 valence electrons. The minimum absolute atomic E-state index is 0.174. The average Bonchev–Trinajstić information content (AvgIpc) is 1.94. The Morgan fingerprint density at radius 2 is 2.15 bits per heavy atom. The molecular weight excluding hydrogens is 210 g/mol. The van der Waals surface area contributed by atoms with Gasteiger partial charge >= 0.3 is 0 Å². The monoisotopic (exact) mass is 221 g/mol. The summed E-state index contributed by atoms with van der Waals surface area (Å²) in [6.45, 7) is 1.72. The molecule has 0 aromatic rings. The van der Waals surface area contributed by atoms with Crippen molar-refractivity contribution in [3.8, 4) is 0 Å². The van der Waals surface area contributed by atoms with Crippen molar-refractivity contribution in [1.82, 2.24) is 0 Å². The molecule has 2 atom stereocenters. The number of hydrogen-bond acceptors (Lipinski definition) is 4. The SMILES string of the molecule is CC1=CC(S)C(N)C(S(=O)(=O)O)=C1. The highest BCUT2D eigenvalue weighted by atomic mass is 32.2. The molecule has 0 bridgehead atoms. The molecule has 1 aliphatic rings. The molecule has 6 heteroatoms. The summed E-state index contributed by atoms with van der Waals surface area (Å²) < 4.78 is 30.5. The van der Waals surface area contributed by atoms with Crippen LogP contribution in [0.15, 0.2) is 22.6 Å². The van der Waals surface area contributed by atoms with Gasteiger partial charge in [0.1, 0.15) is 0 Å². The zero-order valence-electron chi connectivity index (χ0n) is 7.01. The Labute approximate surface area is 82.7 Å². The zero-order valence-corrected chi connectivity index (χ0v) is 8.72. The van der Waals surface area contributed by atoms with E-state index in [0.717, 1.165) is 5.57 Å². The fraction of sp³-hybridized carbons (Fsp3) is 0.429. The van der Waals surface area contributed by atoms with Crippen LogP contribution in [0.3, 0.4) is 0 Å². The van der Waals surface area contributed by atoms with Gasteiger partial charge in [0, 0.05) is 5.25 Å². The Hall–Kier alpha value is -0.300. The predicted molar refractivity (Wildman–Crippen MR) is 54.1 cm³/mol. The van der Waals surface area contributed by atoms with E-state index in [0.29, 0.717) is 0 Å². The normalized spacial score (nSPS) is 29.5. The van der Waals surface area contributed by atoms with Crippen LogP contribution in [0, 0.1) is 0 Å². The van der Waals surface area contributed by atoms with E-state index in [4.69, 9.17) is 10.3 Å². The van der Waals surface area contributed by atoms with E-state index in [1.165, 1.54) is 6.08 Å². The third-order valence-electron chi connectivity index (χ3n) is 1.80. The number of allylic oxidation sites excluding steroid dienone is 2. The van der Waals surface area contributed by atoms with Crippen LogP contribution < -0.4 is 5.73 Å². The largest absolute Gasteiger partial charge is 0.322 e. The molecule has 0 heterocycles. The Morgan fingerprint density at radius 3 is 2.62 bits per heavy atom. The molecule has 0 aromatic carbocycles. The standard InChI is InChI=1S/C7H11NO3S2/c1-4-2-5(12)7(8)6(3-4)13(9,10)11/h2-3,5,7,12H,8H2,1H3,(H,9,10,11). The second kappa shape index (κ2) is 3.45. The highest BCUT2D eigenvalue weighted by Gasteiger charge is 2.28. The van der Waals surface area contributed by atoms with E-state index in [9.17, 15) is 8.42 Å². The van der Waals surface area contributed by atoms with Crippen molar-refractivity contribution in [2.75, 3.05) is 0 Å². The third kappa shape index (κ3) is 2.34. The molecule has 0 saturated heterocycles. The van der Waals surface area contributed by atoms with Gasteiger partial charge in [-0.3, -0.25) is 4.55 Å². The summed E-state index contributed by atoms with van der Waals surface area (Å²) in [7, 11) is -4.19. The topological polar surface area (TPSA) is 80.4 Å². The van der Waals surface area contributed by atoms with Gasteiger partial charge in [0.2, 0.25) is 0 Å². The van der Waals surface area contributed by atoms with Crippen LogP contribution in [0.5, 0.6) is 0 Å². The maximum Gasteiger partial charge on any atom is 0.292 e. The van der Waals surface area contributed by atoms with E-state index in [-0.39, 0.29) is 10.2 Å². The summed E-state index contributed by atoms with van der Waals surface area (Å²) in [5.74, 6) is 0. The maximum atomic E-state index is 10.8. The van der Waals surface area contributed by atoms with Gasteiger partial charge < -0.3 is 5.73 Å². The molecule has 0 fully saturated rings. The molecule has 0 radical (unpaired) electrons. The van der Waals surface area contributed by atoms with Crippen molar-refractivity contribution in [2.24, 2.45) is 5.73 Å². The fourth-order valence-electron chi connectivity index (χ4n) is 1.16. The van der Waals surface area contributed by atoms with Crippen LogP contribution in [0.4, 0.5) is 0 Å². The van der Waals surface area contributed by atoms with E-state index in [1.54, 1.807) is 13.0 Å². The summed E-state index contributed by atoms with van der Waals surface area (Å²) in [6, 6.07) is -0.776. The van der Waals surface area contributed by atoms with E-state index < -0.39 is 16.2 Å². The fourth-order valence-corrected chi connectivity index (χ4v) is 2.48. The number of thiol groups is 1. The van der Waals surface area contributed by atoms with Gasteiger partial charge in [0.05, 0.1) is 10.9 Å². The van der Waals surface area contributed by atoms with Crippen LogP contribution >= 0.6 is 12.6 Å². The van der Waals surface area contributed by atoms with Crippen LogP contribution in [-0.4, -0.2) is 24.3 Å². The maximum absolute atomic E-state index is 10.8. The second-order valence-electron chi connectivity index (χ2n) is 2.95. The van der Waals surface area contributed by atoms with Crippen LogP contribution in [0.1, 0.15) is 6.92 Å². The quantitative estimate of drug-likeness (QED) is 0.441. The van der Waals surface area contributed by atoms with E-state index >= 15 is 0 Å². The Morgan fingerprint density at radius 1 is 1.62 bits per heavy atom. The van der Waals surface area contributed by atoms with Crippen molar-refractivity contribution < 1.29 is 13.0 Å². The van der Waals surface area contributed by atoms with Gasteiger partial charge in [-0.1, -0.05) is 11.6 Å². The van der Waals surface area contributed by atoms with E-state index in [2.05, 4.69) is 12.6 Å². The van der Waals surface area contributed by atoms with Gasteiger partial charge in [-0.05, 0) is 13.0 Å². The second-order valence-corrected chi connectivity index (χ2v) is 4.97. The lowest BCUT2D eigenvalue weighted by atomic mass is 10.0. The number of nitrogens with two attached hydrogens (primary N) is 1. The Kier molecular flexibility index (Phi) is 2.86. The summed E-state index contributed by atoms with van der Waals surface area (Å²) in [5, 5.41) is -0.373. The third-order valence-corrected chi connectivity index (χ3v) is 3.25. The summed E-state index contributed by atoms with van der Waals surface area (Å²) in [4.78, 5) is -0.174. The molecule has 0 aliphatic heterocycles. The van der Waals surface area contributed by atoms with Gasteiger partial charge in [-0.25, -0.2) is 0 Å². The summed E-state index contributed by atoms with van der Waals surface area (Å²) in [6.07, 6.45) is 3.09. The molecule has 1 rings (SSSR count). The molecule has 2 unspecified atom stereocenters. The highest BCUT2D eigenvalue weighted by Crippen LogP contribution is 2.23. The summed E-state index contributed by atoms with van der Waals surface area (Å²) >= 11 is 4.09. The molecule has 0 amide bonds. The Balaban J connectivity index is 3.17. The first-order chi connectivity index (χ1) is 5.82. The number of hydrogen-bond donors (Lipinski definition) is 3. The molecule has 0 spiro atoms. The van der Waals surface area contributed by atoms with Crippen molar-refractivity contribution in [1.29, 1.82) is 0 Å². The molecule has 0 saturated carbocycles. The first-order valence-electron chi connectivity index (χ1n) is 3.63. The molecule has 13 heavy (non-hydrogen) atoms. The Bertz CT molecular complexity index is 369. The minimum atomic E-state index is -4.19. The molecule has 4 nitrogen and oxygen atoms in total.